The van der Waals surface area contributed by atoms with E-state index in [0.717, 1.165) is 0 Å². The number of hydrogen-bond acceptors (Lipinski definition) is 2. The van der Waals surface area contributed by atoms with Crippen molar-refractivity contribution in [3.63, 3.8) is 0 Å². The molecule has 0 N–H and O–H groups in total. The normalized spacial score (nSPS) is 12.8. The fourth-order valence-electron chi connectivity index (χ4n) is 1.06. The molecule has 0 amide bonds. The van der Waals surface area contributed by atoms with E-state index in [1.165, 1.54) is 9.13 Å². The van der Waals surface area contributed by atoms with Gasteiger partial charge in [-0.25, -0.2) is 0 Å². The van der Waals surface area contributed by atoms with Crippen LogP contribution in [0.5, 0.6) is 0 Å². The molecule has 72 valence electrons. The molecule has 1 aromatic rings. The molecule has 3 heteroatoms. The van der Waals surface area contributed by atoms with Crippen molar-refractivity contribution in [2.24, 2.45) is 0 Å². The van der Waals surface area contributed by atoms with Crippen molar-refractivity contribution < 1.29 is 9.47 Å². The van der Waals surface area contributed by atoms with Gasteiger partial charge in [-0.15, -0.1) is 0 Å². The molecule has 0 heterocycles. The highest BCUT2D eigenvalue weighted by Crippen LogP contribution is 2.21. The van der Waals surface area contributed by atoms with Gasteiger partial charge in [-0.05, 0) is 41.1 Å². The fourth-order valence-corrected chi connectivity index (χ4v) is 1.89. The van der Waals surface area contributed by atoms with E-state index in [1.807, 2.05) is 19.1 Å². The third-order valence-corrected chi connectivity index (χ3v) is 2.76. The molecule has 0 bridgehead atoms. The molecular weight excluding hydrogens is 279 g/mol. The summed E-state index contributed by atoms with van der Waals surface area (Å²) in [5, 5.41) is 0. The highest BCUT2D eigenvalue weighted by Gasteiger charge is 2.07. The molecule has 0 aliphatic heterocycles. The van der Waals surface area contributed by atoms with Crippen molar-refractivity contribution >= 4 is 22.6 Å². The summed E-state index contributed by atoms with van der Waals surface area (Å²) in [4.78, 5) is 0. The number of benzene rings is 1. The fraction of sp³-hybridized carbons (Fsp3) is 0.400. The van der Waals surface area contributed by atoms with Crippen LogP contribution < -0.4 is 0 Å². The Labute approximate surface area is 92.4 Å². The molecule has 0 aromatic heterocycles. The summed E-state index contributed by atoms with van der Waals surface area (Å²) < 4.78 is 11.5. The van der Waals surface area contributed by atoms with Gasteiger partial charge in [-0.2, -0.15) is 0 Å². The smallest absolute Gasteiger partial charge is 0.147 e. The van der Waals surface area contributed by atoms with Gasteiger partial charge in [0.25, 0.3) is 0 Å². The van der Waals surface area contributed by atoms with Crippen molar-refractivity contribution in [3.8, 4) is 0 Å². The molecule has 1 rings (SSSR count). The average Bonchev–Trinajstić information content (AvgIpc) is 2.15. The van der Waals surface area contributed by atoms with Crippen LogP contribution in [0, 0.1) is 3.57 Å². The molecule has 13 heavy (non-hydrogen) atoms. The van der Waals surface area contributed by atoms with Gasteiger partial charge in [0.2, 0.25) is 0 Å². The average molecular weight is 292 g/mol. The maximum atomic E-state index is 5.43. The van der Waals surface area contributed by atoms with Gasteiger partial charge in [0.15, 0.2) is 0 Å². The maximum Gasteiger partial charge on any atom is 0.147 e. The lowest BCUT2D eigenvalue weighted by Gasteiger charge is -2.13. The number of rotatable bonds is 4. The molecule has 0 radical (unpaired) electrons. The van der Waals surface area contributed by atoms with E-state index >= 15 is 0 Å². The van der Waals surface area contributed by atoms with Crippen LogP contribution in [0.15, 0.2) is 24.3 Å². The molecule has 0 fully saturated rings. The Balaban J connectivity index is 2.65. The summed E-state index contributed by atoms with van der Waals surface area (Å²) in [6.07, 6.45) is 0.0908. The Hall–Kier alpha value is -0.130. The van der Waals surface area contributed by atoms with Crippen molar-refractivity contribution in [1.29, 1.82) is 0 Å². The lowest BCUT2D eigenvalue weighted by atomic mass is 10.1. The van der Waals surface area contributed by atoms with Gasteiger partial charge in [0, 0.05) is 10.7 Å². The molecular formula is C10H13IO2. The topological polar surface area (TPSA) is 18.5 Å². The number of methoxy groups -OCH3 is 1. The summed E-state index contributed by atoms with van der Waals surface area (Å²) in [6, 6.07) is 8.18. The van der Waals surface area contributed by atoms with Crippen LogP contribution in [0.4, 0.5) is 0 Å². The van der Waals surface area contributed by atoms with Gasteiger partial charge in [-0.3, -0.25) is 0 Å². The van der Waals surface area contributed by atoms with Gasteiger partial charge < -0.3 is 9.47 Å². The van der Waals surface area contributed by atoms with Crippen molar-refractivity contribution in [2.75, 3.05) is 13.9 Å². The van der Waals surface area contributed by atoms with E-state index in [0.29, 0.717) is 6.79 Å². The predicted octanol–water partition coefficient (Wildman–Crippen LogP) is 2.97. The van der Waals surface area contributed by atoms with Crippen LogP contribution in [0.1, 0.15) is 18.6 Å². The van der Waals surface area contributed by atoms with Crippen LogP contribution in [0.2, 0.25) is 0 Å². The van der Waals surface area contributed by atoms with Crippen LogP contribution in [0.3, 0.4) is 0 Å². The van der Waals surface area contributed by atoms with E-state index in [-0.39, 0.29) is 6.10 Å². The molecule has 1 aromatic carbocycles. The first kappa shape index (κ1) is 10.9. The molecule has 0 aliphatic rings. The largest absolute Gasteiger partial charge is 0.359 e. The molecule has 0 saturated heterocycles. The Bertz CT molecular complexity index is 263. The van der Waals surface area contributed by atoms with Crippen molar-refractivity contribution in [3.05, 3.63) is 33.4 Å². The van der Waals surface area contributed by atoms with Crippen molar-refractivity contribution in [1.82, 2.24) is 0 Å². The molecule has 0 spiro atoms. The Morgan fingerprint density at radius 2 is 2.08 bits per heavy atom. The van der Waals surface area contributed by atoms with Crippen LogP contribution in [0.25, 0.3) is 0 Å². The number of ether oxygens (including phenoxy) is 2. The van der Waals surface area contributed by atoms with E-state index in [4.69, 9.17) is 9.47 Å². The Morgan fingerprint density at radius 3 is 2.69 bits per heavy atom. The molecule has 1 unspecified atom stereocenters. The summed E-state index contributed by atoms with van der Waals surface area (Å²) in [6.45, 7) is 2.36. The Morgan fingerprint density at radius 1 is 1.38 bits per heavy atom. The second kappa shape index (κ2) is 5.57. The third kappa shape index (κ3) is 3.25. The lowest BCUT2D eigenvalue weighted by molar-refractivity contribution is -0.0669. The summed E-state index contributed by atoms with van der Waals surface area (Å²) in [5.74, 6) is 0. The van der Waals surface area contributed by atoms with Gasteiger partial charge in [0.05, 0.1) is 6.10 Å². The first-order chi connectivity index (χ1) is 6.25. The third-order valence-electron chi connectivity index (χ3n) is 1.78. The SMILES string of the molecule is COCOC(C)c1ccccc1I. The van der Waals surface area contributed by atoms with E-state index in [9.17, 15) is 0 Å². The minimum absolute atomic E-state index is 0.0908. The standard InChI is InChI=1S/C10H13IO2/c1-8(13-7-12-2)9-5-3-4-6-10(9)11/h3-6,8H,7H2,1-2H3. The first-order valence-corrected chi connectivity index (χ1v) is 5.18. The number of hydrogen-bond donors (Lipinski definition) is 0. The summed E-state index contributed by atoms with van der Waals surface area (Å²) in [7, 11) is 1.63. The second-order valence-electron chi connectivity index (χ2n) is 2.74. The highest BCUT2D eigenvalue weighted by atomic mass is 127. The van der Waals surface area contributed by atoms with Crippen LogP contribution >= 0.6 is 22.6 Å². The quantitative estimate of drug-likeness (QED) is 0.627. The predicted molar refractivity (Wildman–Crippen MR) is 60.5 cm³/mol. The van der Waals surface area contributed by atoms with E-state index in [2.05, 4.69) is 34.7 Å². The number of halogens is 1. The minimum atomic E-state index is 0.0908. The lowest BCUT2D eigenvalue weighted by Crippen LogP contribution is -2.04. The van der Waals surface area contributed by atoms with Crippen LogP contribution in [-0.4, -0.2) is 13.9 Å². The molecule has 2 nitrogen and oxygen atoms in total. The second-order valence-corrected chi connectivity index (χ2v) is 3.90. The molecule has 1 atom stereocenters. The minimum Gasteiger partial charge on any atom is -0.359 e. The van der Waals surface area contributed by atoms with Crippen LogP contribution in [-0.2, 0) is 9.47 Å². The molecule has 0 aliphatic carbocycles. The van der Waals surface area contributed by atoms with Gasteiger partial charge in [-0.1, -0.05) is 18.2 Å². The zero-order valence-corrected chi connectivity index (χ0v) is 9.95. The van der Waals surface area contributed by atoms with Crippen molar-refractivity contribution in [2.45, 2.75) is 13.0 Å². The van der Waals surface area contributed by atoms with E-state index < -0.39 is 0 Å². The first-order valence-electron chi connectivity index (χ1n) is 4.10. The monoisotopic (exact) mass is 292 g/mol. The highest BCUT2D eigenvalue weighted by molar-refractivity contribution is 14.1. The van der Waals surface area contributed by atoms with E-state index in [1.54, 1.807) is 7.11 Å². The zero-order chi connectivity index (χ0) is 9.68. The maximum absolute atomic E-state index is 5.43. The Kier molecular flexibility index (Phi) is 4.69. The summed E-state index contributed by atoms with van der Waals surface area (Å²) in [5.41, 5.74) is 1.21. The summed E-state index contributed by atoms with van der Waals surface area (Å²) >= 11 is 2.31. The zero-order valence-electron chi connectivity index (χ0n) is 7.79. The van der Waals surface area contributed by atoms with Gasteiger partial charge in [0.1, 0.15) is 6.79 Å². The van der Waals surface area contributed by atoms with Gasteiger partial charge >= 0.3 is 0 Å². The molecule has 0 saturated carbocycles.